The summed E-state index contributed by atoms with van der Waals surface area (Å²) in [5.41, 5.74) is 1.98. The number of hydrogen-bond donors (Lipinski definition) is 1. The number of rotatable bonds is 6. The largest absolute Gasteiger partial charge is 0.448 e. The molecule has 0 aliphatic heterocycles. The van der Waals surface area contributed by atoms with Crippen LogP contribution in [0.15, 0.2) is 21.2 Å². The number of anilines is 1. The number of hydrogen-bond acceptors (Lipinski definition) is 6. The zero-order chi connectivity index (χ0) is 16.4. The highest BCUT2D eigenvalue weighted by Gasteiger charge is 2.19. The van der Waals surface area contributed by atoms with Crippen LogP contribution >= 0.6 is 27.3 Å². The average Bonchev–Trinajstić information content (AvgIpc) is 3.19. The number of furan rings is 1. The second-order valence-electron chi connectivity index (χ2n) is 4.78. The van der Waals surface area contributed by atoms with E-state index in [-0.39, 0.29) is 5.91 Å². The third-order valence-electron chi connectivity index (χ3n) is 3.30. The Kier molecular flexibility index (Phi) is 4.79. The molecule has 0 fully saturated rings. The highest BCUT2D eigenvalue weighted by Crippen LogP contribution is 2.27. The van der Waals surface area contributed by atoms with E-state index < -0.39 is 0 Å². The Morgan fingerprint density at radius 1 is 1.48 bits per heavy atom. The summed E-state index contributed by atoms with van der Waals surface area (Å²) < 4.78 is 13.2. The van der Waals surface area contributed by atoms with Crippen LogP contribution in [0.2, 0.25) is 0 Å². The third kappa shape index (κ3) is 3.31. The lowest BCUT2D eigenvalue weighted by Gasteiger charge is -2.08. The molecule has 0 saturated carbocycles. The van der Waals surface area contributed by atoms with E-state index in [1.807, 2.05) is 17.6 Å². The number of halogens is 1. The van der Waals surface area contributed by atoms with E-state index in [0.717, 1.165) is 16.9 Å². The Morgan fingerprint density at radius 3 is 3.00 bits per heavy atom. The summed E-state index contributed by atoms with van der Waals surface area (Å²) in [6, 6.07) is 3.55. The van der Waals surface area contributed by atoms with Gasteiger partial charge in [0.25, 0.3) is 5.91 Å². The lowest BCUT2D eigenvalue weighted by atomic mass is 10.4. The Hall–Kier alpha value is -1.71. The van der Waals surface area contributed by atoms with Crippen LogP contribution < -0.4 is 5.32 Å². The van der Waals surface area contributed by atoms with Gasteiger partial charge in [-0.3, -0.25) is 10.1 Å². The fourth-order valence-corrected chi connectivity index (χ4v) is 3.30. The molecule has 3 aromatic rings. The van der Waals surface area contributed by atoms with Gasteiger partial charge in [0.1, 0.15) is 10.7 Å². The van der Waals surface area contributed by atoms with Crippen LogP contribution in [-0.4, -0.2) is 34.4 Å². The Labute approximate surface area is 144 Å². The number of nitrogens with zero attached hydrogens (tertiary/aromatic N) is 3. The second-order valence-corrected chi connectivity index (χ2v) is 6.63. The molecular formula is C14H15BrN4O3S. The monoisotopic (exact) mass is 398 g/mol. The van der Waals surface area contributed by atoms with E-state index in [1.165, 1.54) is 11.3 Å². The fourth-order valence-electron chi connectivity index (χ4n) is 2.23. The number of fused-ring (bicyclic) bond motifs is 1. The molecule has 7 nitrogen and oxygen atoms in total. The van der Waals surface area contributed by atoms with Gasteiger partial charge in [0.2, 0.25) is 5.13 Å². The Bertz CT molecular complexity index is 838. The molecule has 122 valence electrons. The Balaban J connectivity index is 1.90. The SMILES string of the molecule is CCc1nnc(NC(=O)c2cc3oc(Br)cc3n2CCOC)s1. The van der Waals surface area contributed by atoms with Gasteiger partial charge in [0, 0.05) is 25.8 Å². The summed E-state index contributed by atoms with van der Waals surface area (Å²) in [7, 11) is 1.62. The summed E-state index contributed by atoms with van der Waals surface area (Å²) in [6.07, 6.45) is 0.790. The van der Waals surface area contributed by atoms with Crippen LogP contribution in [0.25, 0.3) is 11.1 Å². The van der Waals surface area contributed by atoms with E-state index in [9.17, 15) is 4.79 Å². The van der Waals surface area contributed by atoms with Crippen molar-refractivity contribution in [1.82, 2.24) is 14.8 Å². The molecule has 0 aromatic carbocycles. The zero-order valence-electron chi connectivity index (χ0n) is 12.6. The molecule has 0 aliphatic carbocycles. The smallest absolute Gasteiger partial charge is 0.274 e. The van der Waals surface area contributed by atoms with Crippen molar-refractivity contribution in [3.05, 3.63) is 27.5 Å². The van der Waals surface area contributed by atoms with Crippen molar-refractivity contribution in [3.63, 3.8) is 0 Å². The maximum Gasteiger partial charge on any atom is 0.274 e. The predicted octanol–water partition coefficient (Wildman–Crippen LogP) is 3.31. The normalized spacial score (nSPS) is 11.3. The van der Waals surface area contributed by atoms with Crippen molar-refractivity contribution < 1.29 is 13.9 Å². The van der Waals surface area contributed by atoms with Gasteiger partial charge in [0.05, 0.1) is 12.1 Å². The third-order valence-corrected chi connectivity index (χ3v) is 4.67. The molecule has 0 aliphatic rings. The summed E-state index contributed by atoms with van der Waals surface area (Å²) >= 11 is 4.68. The molecule has 9 heteroatoms. The number of methoxy groups -OCH3 is 1. The van der Waals surface area contributed by atoms with Gasteiger partial charge in [0.15, 0.2) is 10.3 Å². The van der Waals surface area contributed by atoms with Crippen LogP contribution in [-0.2, 0) is 17.7 Å². The maximum atomic E-state index is 12.6. The molecule has 0 radical (unpaired) electrons. The number of amides is 1. The number of nitrogens with one attached hydrogen (secondary N) is 1. The second kappa shape index (κ2) is 6.81. The van der Waals surface area contributed by atoms with Gasteiger partial charge in [-0.2, -0.15) is 0 Å². The van der Waals surface area contributed by atoms with Crippen LogP contribution in [0.1, 0.15) is 22.4 Å². The van der Waals surface area contributed by atoms with Gasteiger partial charge in [-0.15, -0.1) is 10.2 Å². The van der Waals surface area contributed by atoms with Crippen LogP contribution in [0, 0.1) is 0 Å². The first kappa shape index (κ1) is 16.2. The highest BCUT2D eigenvalue weighted by molar-refractivity contribution is 9.10. The molecule has 0 saturated heterocycles. The summed E-state index contributed by atoms with van der Waals surface area (Å²) in [4.78, 5) is 12.6. The van der Waals surface area contributed by atoms with Crippen molar-refractivity contribution in [2.75, 3.05) is 19.0 Å². The minimum Gasteiger partial charge on any atom is -0.448 e. The van der Waals surface area contributed by atoms with E-state index >= 15 is 0 Å². The highest BCUT2D eigenvalue weighted by atomic mass is 79.9. The molecular weight excluding hydrogens is 384 g/mol. The quantitative estimate of drug-likeness (QED) is 0.688. The molecule has 0 atom stereocenters. The standard InChI is InChI=1S/C14H15BrN4O3S/c1-3-12-17-18-14(23-12)16-13(20)9-6-10-8(7-11(15)22-10)19(9)4-5-21-2/h6-7H,3-5H2,1-2H3,(H,16,18,20). The number of carbonyl (C=O) groups is 1. The van der Waals surface area contributed by atoms with Crippen LogP contribution in [0.5, 0.6) is 0 Å². The molecule has 0 spiro atoms. The van der Waals surface area contributed by atoms with E-state index in [4.69, 9.17) is 9.15 Å². The van der Waals surface area contributed by atoms with Crippen molar-refractivity contribution in [2.45, 2.75) is 19.9 Å². The van der Waals surface area contributed by atoms with Crippen molar-refractivity contribution in [3.8, 4) is 0 Å². The minimum absolute atomic E-state index is 0.248. The van der Waals surface area contributed by atoms with Crippen LogP contribution in [0.4, 0.5) is 5.13 Å². The summed E-state index contributed by atoms with van der Waals surface area (Å²) in [6.45, 7) is 3.03. The first-order chi connectivity index (χ1) is 11.1. The lowest BCUT2D eigenvalue weighted by molar-refractivity contribution is 0.101. The summed E-state index contributed by atoms with van der Waals surface area (Å²) in [5, 5.41) is 12.1. The number of ether oxygens (including phenoxy) is 1. The molecule has 0 bridgehead atoms. The minimum atomic E-state index is -0.248. The zero-order valence-corrected chi connectivity index (χ0v) is 15.0. The molecule has 3 rings (SSSR count). The summed E-state index contributed by atoms with van der Waals surface area (Å²) in [5.74, 6) is -0.248. The molecule has 0 unspecified atom stereocenters. The van der Waals surface area contributed by atoms with E-state index in [1.54, 1.807) is 13.2 Å². The van der Waals surface area contributed by atoms with Gasteiger partial charge in [-0.25, -0.2) is 0 Å². The maximum absolute atomic E-state index is 12.6. The number of aryl methyl sites for hydroxylation is 1. The first-order valence-electron chi connectivity index (χ1n) is 7.03. The average molecular weight is 399 g/mol. The van der Waals surface area contributed by atoms with Gasteiger partial charge >= 0.3 is 0 Å². The molecule has 1 amide bonds. The fraction of sp³-hybridized carbons (Fsp3) is 0.357. The molecule has 23 heavy (non-hydrogen) atoms. The van der Waals surface area contributed by atoms with E-state index in [2.05, 4.69) is 31.4 Å². The number of aromatic nitrogens is 3. The van der Waals surface area contributed by atoms with Gasteiger partial charge < -0.3 is 13.7 Å². The topological polar surface area (TPSA) is 82.2 Å². The van der Waals surface area contributed by atoms with Crippen molar-refractivity contribution in [2.24, 2.45) is 0 Å². The molecule has 3 heterocycles. The lowest BCUT2D eigenvalue weighted by Crippen LogP contribution is -2.18. The van der Waals surface area contributed by atoms with Crippen molar-refractivity contribution in [1.29, 1.82) is 0 Å². The van der Waals surface area contributed by atoms with Gasteiger partial charge in [-0.1, -0.05) is 18.3 Å². The van der Waals surface area contributed by atoms with E-state index in [0.29, 0.717) is 34.2 Å². The predicted molar refractivity (Wildman–Crippen MR) is 91.0 cm³/mol. The van der Waals surface area contributed by atoms with Gasteiger partial charge in [-0.05, 0) is 22.4 Å². The van der Waals surface area contributed by atoms with Crippen LogP contribution in [0.3, 0.4) is 0 Å². The molecule has 3 aromatic heterocycles. The first-order valence-corrected chi connectivity index (χ1v) is 8.64. The number of carbonyl (C=O) groups excluding carboxylic acids is 1. The molecule has 1 N–H and O–H groups in total. The Morgan fingerprint density at radius 2 is 2.30 bits per heavy atom. The van der Waals surface area contributed by atoms with Crippen molar-refractivity contribution >= 4 is 49.4 Å².